The molecule has 1 fully saturated rings. The molecule has 5 atom stereocenters. The average molecular weight is 360 g/mol. The number of ketones is 2. The normalized spacial score (nSPS) is 44.2. The summed E-state index contributed by atoms with van der Waals surface area (Å²) in [6.07, 6.45) is 3.96. The third kappa shape index (κ3) is 2.15. The van der Waals surface area contributed by atoms with Crippen LogP contribution in [-0.4, -0.2) is 28.4 Å². The van der Waals surface area contributed by atoms with E-state index in [9.17, 15) is 14.7 Å². The van der Waals surface area contributed by atoms with E-state index < -0.39 is 11.0 Å². The van der Waals surface area contributed by atoms with Gasteiger partial charge in [0.15, 0.2) is 11.5 Å². The molecule has 0 aromatic heterocycles. The summed E-state index contributed by atoms with van der Waals surface area (Å²) in [5, 5.41) is 10.4. The highest BCUT2D eigenvalue weighted by Gasteiger charge is 2.65. The van der Waals surface area contributed by atoms with E-state index in [1.807, 2.05) is 20.8 Å². The number of ether oxygens (including phenoxy) is 2. The number of carbonyl (C=O) groups excluding carboxylic acids is 2. The lowest BCUT2D eigenvalue weighted by molar-refractivity contribution is -0.203. The predicted molar refractivity (Wildman–Crippen MR) is 95.1 cm³/mol. The number of rotatable bonds is 0. The molecule has 0 spiro atoms. The van der Waals surface area contributed by atoms with Crippen LogP contribution in [0.4, 0.5) is 0 Å². The molecule has 0 saturated heterocycles. The van der Waals surface area contributed by atoms with E-state index in [-0.39, 0.29) is 40.7 Å². The van der Waals surface area contributed by atoms with Gasteiger partial charge in [-0.1, -0.05) is 20.8 Å². The standard InChI is InChI=1S/C21H28O5/c1-11-8-13(22)12-9-16-20(4,26-18(12)25-11)7-6-15-19(2,3)10-14(23)17(24)21(15,16)5/h10-11,15-16,23H,6-9H2,1-5H3/t11-,15-,16+,20-,21-/m1/s1. The number of hydrogen-bond acceptors (Lipinski definition) is 5. The molecule has 0 unspecified atom stereocenters. The number of hydrogen-bond donors (Lipinski definition) is 1. The summed E-state index contributed by atoms with van der Waals surface area (Å²) < 4.78 is 12.1. The van der Waals surface area contributed by atoms with Crippen LogP contribution >= 0.6 is 0 Å². The Bertz CT molecular complexity index is 760. The van der Waals surface area contributed by atoms with Crippen molar-refractivity contribution in [2.75, 3.05) is 0 Å². The first-order chi connectivity index (χ1) is 12.0. The lowest BCUT2D eigenvalue weighted by Gasteiger charge is -2.60. The van der Waals surface area contributed by atoms with E-state index in [0.717, 1.165) is 12.8 Å². The number of Topliss-reactive ketones (excluding diaryl/α,β-unsaturated/α-hetero) is 2. The first kappa shape index (κ1) is 17.6. The topological polar surface area (TPSA) is 72.8 Å². The lowest BCUT2D eigenvalue weighted by atomic mass is 9.45. The van der Waals surface area contributed by atoms with Crippen molar-refractivity contribution in [2.45, 2.75) is 72.0 Å². The van der Waals surface area contributed by atoms with Crippen LogP contribution in [0.1, 0.15) is 60.3 Å². The van der Waals surface area contributed by atoms with Gasteiger partial charge in [0, 0.05) is 17.8 Å². The molecule has 5 heteroatoms. The highest BCUT2D eigenvalue weighted by molar-refractivity contribution is 6.00. The van der Waals surface area contributed by atoms with Crippen molar-refractivity contribution in [1.29, 1.82) is 0 Å². The van der Waals surface area contributed by atoms with Crippen LogP contribution < -0.4 is 0 Å². The first-order valence-corrected chi connectivity index (χ1v) is 9.57. The lowest BCUT2D eigenvalue weighted by Crippen LogP contribution is -2.63. The zero-order chi connectivity index (χ0) is 19.1. The third-order valence-electron chi connectivity index (χ3n) is 7.34. The molecule has 5 nitrogen and oxygen atoms in total. The summed E-state index contributed by atoms with van der Waals surface area (Å²) in [5.41, 5.74) is -1.06. The quantitative estimate of drug-likeness (QED) is 0.710. The fraction of sp³-hybridized carbons (Fsp3) is 0.714. The zero-order valence-corrected chi connectivity index (χ0v) is 16.2. The molecule has 142 valence electrons. The van der Waals surface area contributed by atoms with Crippen molar-refractivity contribution in [3.8, 4) is 0 Å². The Kier molecular flexibility index (Phi) is 3.49. The molecule has 1 N–H and O–H groups in total. The summed E-state index contributed by atoms with van der Waals surface area (Å²) in [4.78, 5) is 25.7. The average Bonchev–Trinajstić information content (AvgIpc) is 2.50. The van der Waals surface area contributed by atoms with Crippen molar-refractivity contribution in [3.05, 3.63) is 23.4 Å². The molecule has 4 rings (SSSR count). The summed E-state index contributed by atoms with van der Waals surface area (Å²) >= 11 is 0. The minimum absolute atomic E-state index is 0.0498. The molecule has 1 saturated carbocycles. The Morgan fingerprint density at radius 2 is 1.81 bits per heavy atom. The van der Waals surface area contributed by atoms with Crippen molar-refractivity contribution in [3.63, 3.8) is 0 Å². The fourth-order valence-corrected chi connectivity index (χ4v) is 6.08. The van der Waals surface area contributed by atoms with Crippen LogP contribution in [-0.2, 0) is 19.1 Å². The molecule has 0 amide bonds. The third-order valence-corrected chi connectivity index (χ3v) is 7.34. The minimum atomic E-state index is -0.767. The second-order valence-corrected chi connectivity index (χ2v) is 9.55. The van der Waals surface area contributed by atoms with Crippen LogP contribution in [0, 0.1) is 22.7 Å². The Balaban J connectivity index is 1.83. The van der Waals surface area contributed by atoms with E-state index in [0.29, 0.717) is 24.4 Å². The van der Waals surface area contributed by atoms with Crippen LogP contribution in [0.3, 0.4) is 0 Å². The largest absolute Gasteiger partial charge is 0.505 e. The van der Waals surface area contributed by atoms with Gasteiger partial charge in [0.25, 0.3) is 5.95 Å². The Hall–Kier alpha value is -1.78. The molecule has 2 aliphatic carbocycles. The monoisotopic (exact) mass is 360 g/mol. The van der Waals surface area contributed by atoms with Gasteiger partial charge in [0.05, 0.1) is 5.57 Å². The number of aliphatic hydroxyl groups is 1. The summed E-state index contributed by atoms with van der Waals surface area (Å²) in [7, 11) is 0. The highest BCUT2D eigenvalue weighted by atomic mass is 16.7. The van der Waals surface area contributed by atoms with Gasteiger partial charge in [-0.2, -0.15) is 0 Å². The number of allylic oxidation sites excluding steroid dienone is 3. The molecule has 2 heterocycles. The van der Waals surface area contributed by atoms with Crippen molar-refractivity contribution < 1.29 is 24.2 Å². The molecule has 0 bridgehead atoms. The van der Waals surface area contributed by atoms with Gasteiger partial charge in [-0.05, 0) is 50.5 Å². The highest BCUT2D eigenvalue weighted by Crippen LogP contribution is 2.63. The van der Waals surface area contributed by atoms with Crippen LogP contribution in [0.5, 0.6) is 0 Å². The Labute approximate surface area is 154 Å². The van der Waals surface area contributed by atoms with Gasteiger partial charge in [-0.25, -0.2) is 0 Å². The maximum atomic E-state index is 13.2. The molecule has 0 radical (unpaired) electrons. The Morgan fingerprint density at radius 3 is 2.50 bits per heavy atom. The van der Waals surface area contributed by atoms with Crippen LogP contribution in [0.2, 0.25) is 0 Å². The van der Waals surface area contributed by atoms with Gasteiger partial charge < -0.3 is 14.6 Å². The van der Waals surface area contributed by atoms with E-state index in [1.165, 1.54) is 0 Å². The van der Waals surface area contributed by atoms with Gasteiger partial charge in [-0.3, -0.25) is 9.59 Å². The number of fused-ring (bicyclic) bond motifs is 3. The van der Waals surface area contributed by atoms with Crippen molar-refractivity contribution >= 4 is 11.6 Å². The van der Waals surface area contributed by atoms with Gasteiger partial charge >= 0.3 is 0 Å². The molecular weight excluding hydrogens is 332 g/mol. The maximum absolute atomic E-state index is 13.2. The summed E-state index contributed by atoms with van der Waals surface area (Å²) in [5.74, 6) is -0.0388. The second kappa shape index (κ2) is 5.14. The molecule has 0 aromatic carbocycles. The van der Waals surface area contributed by atoms with E-state index in [2.05, 4.69) is 13.8 Å². The molecule has 26 heavy (non-hydrogen) atoms. The van der Waals surface area contributed by atoms with E-state index in [1.54, 1.807) is 6.08 Å². The van der Waals surface area contributed by atoms with Crippen molar-refractivity contribution in [2.24, 2.45) is 22.7 Å². The predicted octanol–water partition coefficient (Wildman–Crippen LogP) is 3.84. The molecule has 2 aliphatic heterocycles. The Morgan fingerprint density at radius 1 is 1.12 bits per heavy atom. The van der Waals surface area contributed by atoms with E-state index >= 15 is 0 Å². The van der Waals surface area contributed by atoms with Gasteiger partial charge in [-0.15, -0.1) is 0 Å². The first-order valence-electron chi connectivity index (χ1n) is 9.57. The van der Waals surface area contributed by atoms with Gasteiger partial charge in [0.1, 0.15) is 11.7 Å². The second-order valence-electron chi connectivity index (χ2n) is 9.55. The zero-order valence-electron chi connectivity index (χ0n) is 16.2. The van der Waals surface area contributed by atoms with Crippen LogP contribution in [0.15, 0.2) is 23.4 Å². The molecule has 4 aliphatic rings. The maximum Gasteiger partial charge on any atom is 0.286 e. The van der Waals surface area contributed by atoms with Crippen molar-refractivity contribution in [1.82, 2.24) is 0 Å². The van der Waals surface area contributed by atoms with Crippen LogP contribution in [0.25, 0.3) is 0 Å². The fourth-order valence-electron chi connectivity index (χ4n) is 6.08. The van der Waals surface area contributed by atoms with E-state index in [4.69, 9.17) is 9.47 Å². The minimum Gasteiger partial charge on any atom is -0.505 e. The summed E-state index contributed by atoms with van der Waals surface area (Å²) in [6, 6.07) is 0. The molecular formula is C21H28O5. The summed E-state index contributed by atoms with van der Waals surface area (Å²) in [6.45, 7) is 10.00. The number of aliphatic hydroxyl groups excluding tert-OH is 1. The molecule has 0 aromatic rings. The SMILES string of the molecule is C[C@@H]1CC(=O)C2=C(O1)O[C@]1(C)CC[C@@H]3C(C)(C)C=C(O)C(=O)[C@@]3(C)[C@H]1C2. The smallest absolute Gasteiger partial charge is 0.286 e. The number of carbonyl (C=O) groups is 2. The van der Waals surface area contributed by atoms with Gasteiger partial charge in [0.2, 0.25) is 5.78 Å².